The Morgan fingerprint density at radius 3 is 2.54 bits per heavy atom. The summed E-state index contributed by atoms with van der Waals surface area (Å²) >= 11 is 0. The number of carbonyl (C=O) groups is 1. The van der Waals surface area contributed by atoms with E-state index in [1.807, 2.05) is 42.5 Å². The lowest BCUT2D eigenvalue weighted by atomic mass is 9.99. The lowest BCUT2D eigenvalue weighted by Crippen LogP contribution is -2.36. The molecule has 1 amide bonds. The third kappa shape index (κ3) is 4.90. The van der Waals surface area contributed by atoms with Gasteiger partial charge in [-0.3, -0.25) is 9.69 Å². The highest BCUT2D eigenvalue weighted by Gasteiger charge is 2.25. The maximum absolute atomic E-state index is 12.9. The Kier molecular flexibility index (Phi) is 6.75. The summed E-state index contributed by atoms with van der Waals surface area (Å²) in [5, 5.41) is 3.05. The number of anilines is 1. The highest BCUT2D eigenvalue weighted by atomic mass is 16.5. The molecule has 6 heteroatoms. The van der Waals surface area contributed by atoms with E-state index in [0.29, 0.717) is 5.57 Å². The topological polar surface area (TPSA) is 66.6 Å². The molecule has 3 aromatic rings. The van der Waals surface area contributed by atoms with Crippen LogP contribution in [0.3, 0.4) is 0 Å². The zero-order valence-corrected chi connectivity index (χ0v) is 20.7. The molecule has 2 N–H and O–H groups in total. The van der Waals surface area contributed by atoms with Crippen LogP contribution in [0.5, 0.6) is 5.75 Å². The van der Waals surface area contributed by atoms with Crippen molar-refractivity contribution in [1.82, 2.24) is 9.88 Å². The van der Waals surface area contributed by atoms with E-state index in [4.69, 9.17) is 9.47 Å². The van der Waals surface area contributed by atoms with Gasteiger partial charge < -0.3 is 19.8 Å². The number of aromatic nitrogens is 1. The summed E-state index contributed by atoms with van der Waals surface area (Å²) in [5.74, 6) is 0.762. The Hall–Kier alpha value is -3.35. The number of rotatable bonds is 7. The van der Waals surface area contributed by atoms with Gasteiger partial charge in [0.05, 0.1) is 25.9 Å². The molecule has 0 radical (unpaired) electrons. The van der Waals surface area contributed by atoms with Crippen LogP contribution < -0.4 is 10.1 Å². The Morgan fingerprint density at radius 1 is 1.06 bits per heavy atom. The lowest BCUT2D eigenvalue weighted by Gasteiger charge is -2.26. The molecule has 182 valence electrons. The molecule has 6 nitrogen and oxygen atoms in total. The van der Waals surface area contributed by atoms with E-state index in [0.717, 1.165) is 79.5 Å². The largest absolute Gasteiger partial charge is 0.497 e. The summed E-state index contributed by atoms with van der Waals surface area (Å²) in [5.41, 5.74) is 9.41. The monoisotopic (exact) mass is 471 g/mol. The number of morpholine rings is 1. The number of benzene rings is 2. The van der Waals surface area contributed by atoms with Gasteiger partial charge in [0.25, 0.3) is 5.91 Å². The van der Waals surface area contributed by atoms with Gasteiger partial charge in [-0.05, 0) is 79.8 Å². The first-order valence-electron chi connectivity index (χ1n) is 12.3. The first kappa shape index (κ1) is 23.4. The fourth-order valence-electron chi connectivity index (χ4n) is 5.08. The van der Waals surface area contributed by atoms with E-state index in [-0.39, 0.29) is 5.91 Å². The molecule has 0 unspecified atom stereocenters. The third-order valence-corrected chi connectivity index (χ3v) is 7.15. The molecular formula is C29H33N3O3. The standard InChI is InChI=1S/C29H33N3O3/c1-19-24(5-4-12-32-13-15-35-16-14-32)20(2)30-27(19)18-26-25-11-8-22(17-28(25)31-29(26)33)21-6-9-23(34-3)10-7-21/h6-11,17-18,30H,4-5,12-16H2,1-3H3,(H,31,33)/b26-18-. The molecule has 2 aromatic carbocycles. The van der Waals surface area contributed by atoms with Gasteiger partial charge in [-0.15, -0.1) is 0 Å². The number of aromatic amines is 1. The second-order valence-corrected chi connectivity index (χ2v) is 9.33. The summed E-state index contributed by atoms with van der Waals surface area (Å²) < 4.78 is 10.7. The summed E-state index contributed by atoms with van der Waals surface area (Å²) in [6.45, 7) is 9.10. The van der Waals surface area contributed by atoms with Crippen LogP contribution in [-0.2, 0) is 16.0 Å². The predicted octanol–water partition coefficient (Wildman–Crippen LogP) is 5.06. The average molecular weight is 472 g/mol. The molecule has 1 aromatic heterocycles. The van der Waals surface area contributed by atoms with Crippen LogP contribution in [0, 0.1) is 13.8 Å². The van der Waals surface area contributed by atoms with E-state index in [2.05, 4.69) is 35.1 Å². The summed E-state index contributed by atoms with van der Waals surface area (Å²) in [6, 6.07) is 14.1. The van der Waals surface area contributed by atoms with Gasteiger partial charge in [-0.25, -0.2) is 0 Å². The van der Waals surface area contributed by atoms with E-state index in [1.165, 1.54) is 16.8 Å². The van der Waals surface area contributed by atoms with E-state index < -0.39 is 0 Å². The molecule has 0 saturated carbocycles. The normalized spacial score (nSPS) is 17.0. The highest BCUT2D eigenvalue weighted by Crippen LogP contribution is 2.37. The van der Waals surface area contributed by atoms with Crippen molar-refractivity contribution in [2.75, 3.05) is 45.3 Å². The van der Waals surface area contributed by atoms with Crippen molar-refractivity contribution in [2.24, 2.45) is 0 Å². The van der Waals surface area contributed by atoms with Crippen LogP contribution in [0.15, 0.2) is 42.5 Å². The van der Waals surface area contributed by atoms with Gasteiger partial charge in [0.2, 0.25) is 0 Å². The van der Waals surface area contributed by atoms with E-state index in [9.17, 15) is 4.79 Å². The minimum absolute atomic E-state index is 0.0626. The average Bonchev–Trinajstić information content (AvgIpc) is 3.34. The number of fused-ring (bicyclic) bond motifs is 1. The maximum atomic E-state index is 12.9. The zero-order valence-electron chi connectivity index (χ0n) is 20.7. The number of H-pyrrole nitrogens is 1. The van der Waals surface area contributed by atoms with Crippen LogP contribution in [0.25, 0.3) is 22.8 Å². The van der Waals surface area contributed by atoms with Crippen molar-refractivity contribution in [2.45, 2.75) is 26.7 Å². The molecular weight excluding hydrogens is 438 g/mol. The van der Waals surface area contributed by atoms with E-state index >= 15 is 0 Å². The Balaban J connectivity index is 1.34. The Morgan fingerprint density at radius 2 is 1.80 bits per heavy atom. The predicted molar refractivity (Wildman–Crippen MR) is 141 cm³/mol. The molecule has 0 spiro atoms. The second-order valence-electron chi connectivity index (χ2n) is 9.33. The Bertz CT molecular complexity index is 1250. The third-order valence-electron chi connectivity index (χ3n) is 7.15. The fraction of sp³-hybridized carbons (Fsp3) is 0.345. The van der Waals surface area contributed by atoms with Crippen LogP contribution in [0.1, 0.15) is 34.5 Å². The number of nitrogens with one attached hydrogen (secondary N) is 2. The van der Waals surface area contributed by atoms with Gasteiger partial charge in [0, 0.05) is 35.7 Å². The minimum atomic E-state index is -0.0626. The minimum Gasteiger partial charge on any atom is -0.497 e. The molecule has 35 heavy (non-hydrogen) atoms. The van der Waals surface area contributed by atoms with Crippen LogP contribution >= 0.6 is 0 Å². The number of aryl methyl sites for hydroxylation is 1. The van der Waals surface area contributed by atoms with E-state index in [1.54, 1.807) is 7.11 Å². The molecule has 1 fully saturated rings. The quantitative estimate of drug-likeness (QED) is 0.473. The van der Waals surface area contributed by atoms with Crippen LogP contribution in [0.2, 0.25) is 0 Å². The van der Waals surface area contributed by atoms with Crippen LogP contribution in [-0.4, -0.2) is 55.7 Å². The number of ether oxygens (including phenoxy) is 2. The van der Waals surface area contributed by atoms with Crippen molar-refractivity contribution >= 4 is 23.2 Å². The van der Waals surface area contributed by atoms with Gasteiger partial charge >= 0.3 is 0 Å². The highest BCUT2D eigenvalue weighted by molar-refractivity contribution is 6.35. The lowest BCUT2D eigenvalue weighted by molar-refractivity contribution is -0.110. The van der Waals surface area contributed by atoms with Crippen molar-refractivity contribution in [3.63, 3.8) is 0 Å². The Labute approximate surface area is 206 Å². The SMILES string of the molecule is COc1ccc(-c2ccc3c(c2)NC(=O)/C3=C\c2[nH]c(C)c(CCCN3CCOCC3)c2C)cc1. The number of amides is 1. The van der Waals surface area contributed by atoms with Gasteiger partial charge in [-0.1, -0.05) is 24.3 Å². The number of hydrogen-bond acceptors (Lipinski definition) is 4. The van der Waals surface area contributed by atoms with Crippen molar-refractivity contribution in [3.05, 3.63) is 70.5 Å². The van der Waals surface area contributed by atoms with Crippen molar-refractivity contribution < 1.29 is 14.3 Å². The molecule has 0 aliphatic carbocycles. The molecule has 1 saturated heterocycles. The zero-order chi connectivity index (χ0) is 24.4. The summed E-state index contributed by atoms with van der Waals surface area (Å²) in [4.78, 5) is 18.9. The number of nitrogens with zero attached hydrogens (tertiary/aromatic N) is 1. The maximum Gasteiger partial charge on any atom is 0.256 e. The second kappa shape index (κ2) is 10.1. The van der Waals surface area contributed by atoms with Crippen molar-refractivity contribution in [1.29, 1.82) is 0 Å². The van der Waals surface area contributed by atoms with Gasteiger partial charge in [0.15, 0.2) is 0 Å². The summed E-state index contributed by atoms with van der Waals surface area (Å²) in [7, 11) is 1.66. The number of carbonyl (C=O) groups excluding carboxylic acids is 1. The van der Waals surface area contributed by atoms with Crippen molar-refractivity contribution in [3.8, 4) is 16.9 Å². The molecule has 2 aliphatic rings. The summed E-state index contributed by atoms with van der Waals surface area (Å²) in [6.07, 6.45) is 4.15. The molecule has 0 atom stereocenters. The van der Waals surface area contributed by atoms with Gasteiger partial charge in [-0.2, -0.15) is 0 Å². The first-order chi connectivity index (χ1) is 17.0. The molecule has 3 heterocycles. The smallest absolute Gasteiger partial charge is 0.256 e. The fourth-order valence-corrected chi connectivity index (χ4v) is 5.08. The molecule has 0 bridgehead atoms. The first-order valence-corrected chi connectivity index (χ1v) is 12.3. The molecule has 5 rings (SSSR count). The van der Waals surface area contributed by atoms with Crippen LogP contribution in [0.4, 0.5) is 5.69 Å². The number of methoxy groups -OCH3 is 1. The molecule has 2 aliphatic heterocycles. The number of hydrogen-bond donors (Lipinski definition) is 2. The van der Waals surface area contributed by atoms with Gasteiger partial charge in [0.1, 0.15) is 5.75 Å².